The second kappa shape index (κ2) is 8.88. The first-order chi connectivity index (χ1) is 10.7. The Bertz CT molecular complexity index is 382. The summed E-state index contributed by atoms with van der Waals surface area (Å²) >= 11 is 0. The smallest absolute Gasteiger partial charge is 0.193 e. The summed E-state index contributed by atoms with van der Waals surface area (Å²) in [6.45, 7) is 10.6. The first kappa shape index (κ1) is 19.3. The van der Waals surface area contributed by atoms with E-state index in [0.717, 1.165) is 49.4 Å². The van der Waals surface area contributed by atoms with Crippen molar-refractivity contribution in [2.45, 2.75) is 52.0 Å². The highest BCUT2D eigenvalue weighted by Crippen LogP contribution is 2.34. The maximum Gasteiger partial charge on any atom is 0.193 e. The predicted molar refractivity (Wildman–Crippen MR) is 109 cm³/mol. The molecule has 2 saturated carbocycles. The number of hydrogen-bond donors (Lipinski definition) is 1. The van der Waals surface area contributed by atoms with Gasteiger partial charge in [-0.15, -0.1) is 24.0 Å². The molecule has 1 N–H and O–H groups in total. The summed E-state index contributed by atoms with van der Waals surface area (Å²) in [7, 11) is 1.93. The van der Waals surface area contributed by atoms with Crippen molar-refractivity contribution in [2.24, 2.45) is 22.7 Å². The summed E-state index contributed by atoms with van der Waals surface area (Å²) in [5.41, 5.74) is 0. The molecule has 3 fully saturated rings. The third kappa shape index (κ3) is 6.07. The quantitative estimate of drug-likeness (QED) is 0.396. The molecule has 0 radical (unpaired) electrons. The number of guanidine groups is 1. The lowest BCUT2D eigenvalue weighted by molar-refractivity contribution is 0.206. The maximum atomic E-state index is 4.52. The molecular weight excluding hydrogens is 399 g/mol. The van der Waals surface area contributed by atoms with E-state index in [1.807, 2.05) is 7.05 Å². The lowest BCUT2D eigenvalue weighted by Crippen LogP contribution is -2.50. The molecule has 0 spiro atoms. The van der Waals surface area contributed by atoms with Crippen LogP contribution in [0, 0.1) is 17.8 Å². The zero-order chi connectivity index (χ0) is 15.5. The van der Waals surface area contributed by atoms with Crippen LogP contribution in [0.3, 0.4) is 0 Å². The molecule has 0 amide bonds. The van der Waals surface area contributed by atoms with Crippen molar-refractivity contribution in [3.8, 4) is 0 Å². The van der Waals surface area contributed by atoms with E-state index in [1.165, 1.54) is 45.2 Å². The number of likely N-dealkylation sites (tertiary alicyclic amines) is 1. The Labute approximate surface area is 159 Å². The van der Waals surface area contributed by atoms with Crippen LogP contribution in [0.15, 0.2) is 4.99 Å². The SMILES string of the molecule is CN=C(NCCN(CC1CC1)C1CC1)N1CC(C)CC(C)C1.I. The van der Waals surface area contributed by atoms with Crippen LogP contribution in [0.25, 0.3) is 0 Å². The number of halogens is 1. The van der Waals surface area contributed by atoms with Gasteiger partial charge >= 0.3 is 0 Å². The van der Waals surface area contributed by atoms with Crippen molar-refractivity contribution < 1.29 is 0 Å². The molecule has 1 heterocycles. The summed E-state index contributed by atoms with van der Waals surface area (Å²) in [5, 5.41) is 3.62. The molecule has 3 aliphatic rings. The van der Waals surface area contributed by atoms with E-state index in [4.69, 9.17) is 0 Å². The van der Waals surface area contributed by atoms with Crippen molar-refractivity contribution in [1.82, 2.24) is 15.1 Å². The second-order valence-corrected chi connectivity index (χ2v) is 7.99. The van der Waals surface area contributed by atoms with E-state index in [-0.39, 0.29) is 24.0 Å². The Morgan fingerprint density at radius 2 is 1.78 bits per heavy atom. The molecule has 0 aromatic carbocycles. The molecule has 2 aliphatic carbocycles. The average molecular weight is 434 g/mol. The summed E-state index contributed by atoms with van der Waals surface area (Å²) in [4.78, 5) is 9.71. The number of piperidine rings is 1. The molecule has 3 rings (SSSR count). The maximum absolute atomic E-state index is 4.52. The normalized spacial score (nSPS) is 28.7. The summed E-state index contributed by atoms with van der Waals surface area (Å²) in [5.74, 6) is 3.67. The number of aliphatic imine (C=N–C) groups is 1. The number of rotatable bonds is 6. The van der Waals surface area contributed by atoms with Gasteiger partial charge in [-0.3, -0.25) is 9.89 Å². The molecule has 5 heteroatoms. The highest BCUT2D eigenvalue weighted by atomic mass is 127. The minimum absolute atomic E-state index is 0. The van der Waals surface area contributed by atoms with Gasteiger partial charge in [-0.25, -0.2) is 0 Å². The number of nitrogens with zero attached hydrogens (tertiary/aromatic N) is 3. The summed E-state index contributed by atoms with van der Waals surface area (Å²) in [6, 6.07) is 0.888. The Balaban J connectivity index is 0.00000192. The molecule has 1 aliphatic heterocycles. The third-order valence-electron chi connectivity index (χ3n) is 5.32. The average Bonchev–Trinajstić information content (AvgIpc) is 3.35. The van der Waals surface area contributed by atoms with Gasteiger partial charge in [0, 0.05) is 45.8 Å². The Morgan fingerprint density at radius 3 is 2.30 bits per heavy atom. The Kier molecular flexibility index (Phi) is 7.45. The van der Waals surface area contributed by atoms with Gasteiger partial charge < -0.3 is 10.2 Å². The van der Waals surface area contributed by atoms with Crippen LogP contribution >= 0.6 is 24.0 Å². The predicted octanol–water partition coefficient (Wildman–Crippen LogP) is 3.03. The zero-order valence-corrected chi connectivity index (χ0v) is 17.5. The first-order valence-electron chi connectivity index (χ1n) is 9.35. The van der Waals surface area contributed by atoms with Crippen LogP contribution in [0.4, 0.5) is 0 Å². The monoisotopic (exact) mass is 434 g/mol. The minimum atomic E-state index is 0. The molecule has 134 valence electrons. The molecule has 23 heavy (non-hydrogen) atoms. The van der Waals surface area contributed by atoms with Gasteiger partial charge in [-0.2, -0.15) is 0 Å². The van der Waals surface area contributed by atoms with Crippen molar-refractivity contribution in [3.05, 3.63) is 0 Å². The summed E-state index contributed by atoms with van der Waals surface area (Å²) < 4.78 is 0. The highest BCUT2D eigenvalue weighted by molar-refractivity contribution is 14.0. The van der Waals surface area contributed by atoms with Crippen molar-refractivity contribution in [2.75, 3.05) is 39.8 Å². The van der Waals surface area contributed by atoms with E-state index in [0.29, 0.717) is 0 Å². The van der Waals surface area contributed by atoms with E-state index in [2.05, 4.69) is 34.0 Å². The summed E-state index contributed by atoms with van der Waals surface area (Å²) in [6.07, 6.45) is 7.11. The van der Waals surface area contributed by atoms with Crippen LogP contribution in [0.1, 0.15) is 46.0 Å². The highest BCUT2D eigenvalue weighted by Gasteiger charge is 2.33. The lowest BCUT2D eigenvalue weighted by atomic mass is 9.92. The largest absolute Gasteiger partial charge is 0.355 e. The van der Waals surface area contributed by atoms with Crippen LogP contribution in [-0.2, 0) is 0 Å². The fourth-order valence-corrected chi connectivity index (χ4v) is 3.97. The van der Waals surface area contributed by atoms with Crippen molar-refractivity contribution >= 4 is 29.9 Å². The molecule has 0 bridgehead atoms. The van der Waals surface area contributed by atoms with Crippen LogP contribution in [-0.4, -0.2) is 61.6 Å². The Morgan fingerprint density at radius 1 is 1.13 bits per heavy atom. The van der Waals surface area contributed by atoms with E-state index in [1.54, 1.807) is 0 Å². The topological polar surface area (TPSA) is 30.9 Å². The molecule has 0 aromatic heterocycles. The van der Waals surface area contributed by atoms with Gasteiger partial charge in [0.25, 0.3) is 0 Å². The molecule has 2 unspecified atom stereocenters. The molecule has 4 nitrogen and oxygen atoms in total. The molecular formula is C18H35IN4. The van der Waals surface area contributed by atoms with Crippen LogP contribution in [0.2, 0.25) is 0 Å². The van der Waals surface area contributed by atoms with Gasteiger partial charge in [-0.05, 0) is 49.9 Å². The fourth-order valence-electron chi connectivity index (χ4n) is 3.97. The fraction of sp³-hybridized carbons (Fsp3) is 0.944. The van der Waals surface area contributed by atoms with E-state index in [9.17, 15) is 0 Å². The van der Waals surface area contributed by atoms with Gasteiger partial charge in [0.2, 0.25) is 0 Å². The number of hydrogen-bond acceptors (Lipinski definition) is 2. The van der Waals surface area contributed by atoms with Crippen molar-refractivity contribution in [1.29, 1.82) is 0 Å². The van der Waals surface area contributed by atoms with Gasteiger partial charge in [0.15, 0.2) is 5.96 Å². The van der Waals surface area contributed by atoms with Gasteiger partial charge in [0.05, 0.1) is 0 Å². The second-order valence-electron chi connectivity index (χ2n) is 7.99. The Hall–Kier alpha value is -0.0400. The third-order valence-corrected chi connectivity index (χ3v) is 5.32. The zero-order valence-electron chi connectivity index (χ0n) is 15.1. The van der Waals surface area contributed by atoms with Crippen LogP contribution in [0.5, 0.6) is 0 Å². The minimum Gasteiger partial charge on any atom is -0.355 e. The standard InChI is InChI=1S/C18H34N4.HI/c1-14-10-15(2)12-22(11-14)18(19-3)20-8-9-21(17-6-7-17)13-16-4-5-16;/h14-17H,4-13H2,1-3H3,(H,19,20);1H. The lowest BCUT2D eigenvalue weighted by Gasteiger charge is -2.37. The van der Waals surface area contributed by atoms with Gasteiger partial charge in [-0.1, -0.05) is 13.8 Å². The van der Waals surface area contributed by atoms with Crippen LogP contribution < -0.4 is 5.32 Å². The van der Waals surface area contributed by atoms with E-state index >= 15 is 0 Å². The first-order valence-corrected chi connectivity index (χ1v) is 9.35. The van der Waals surface area contributed by atoms with Crippen molar-refractivity contribution in [3.63, 3.8) is 0 Å². The van der Waals surface area contributed by atoms with E-state index < -0.39 is 0 Å². The molecule has 2 atom stereocenters. The van der Waals surface area contributed by atoms with Gasteiger partial charge in [0.1, 0.15) is 0 Å². The molecule has 1 saturated heterocycles. The molecule has 0 aromatic rings. The number of nitrogens with one attached hydrogen (secondary N) is 1.